The number of imidazole rings is 1. The zero-order valence-corrected chi connectivity index (χ0v) is 14.3. The number of aliphatic hydroxyl groups excluding tert-OH is 2. The van der Waals surface area contributed by atoms with Gasteiger partial charge in [0, 0.05) is 18.5 Å². The van der Waals surface area contributed by atoms with E-state index in [4.69, 9.17) is 15.0 Å². The molecule has 1 saturated heterocycles. The molecule has 1 aliphatic rings. The molecule has 0 aliphatic carbocycles. The Hall–Kier alpha value is -2.14. The number of aliphatic hydroxyl groups is 2. The second kappa shape index (κ2) is 7.23. The van der Waals surface area contributed by atoms with Crippen molar-refractivity contribution >= 4 is 13.7 Å². The second-order valence-corrected chi connectivity index (χ2v) is 7.38. The quantitative estimate of drug-likeness (QED) is 0.347. The number of rotatable bonds is 6. The molecule has 2 aromatic rings. The summed E-state index contributed by atoms with van der Waals surface area (Å²) in [4.78, 5) is 24.8. The number of amides is 1. The molecular weight excluding hydrogens is 367 g/mol. The highest BCUT2D eigenvalue weighted by atomic mass is 31.2. The van der Waals surface area contributed by atoms with Gasteiger partial charge in [-0.25, -0.2) is 13.9 Å². The lowest BCUT2D eigenvalue weighted by Gasteiger charge is -2.17. The molecule has 3 heterocycles. The summed E-state index contributed by atoms with van der Waals surface area (Å²) in [5, 5.41) is 20.4. The van der Waals surface area contributed by atoms with E-state index < -0.39 is 44.8 Å². The normalized spacial score (nSPS) is 28.0. The van der Waals surface area contributed by atoms with Gasteiger partial charge in [-0.2, -0.15) is 4.57 Å². The Balaban J connectivity index is 1.71. The van der Waals surface area contributed by atoms with Crippen LogP contribution in [0, 0.1) is 0 Å². The van der Waals surface area contributed by atoms with Crippen molar-refractivity contribution in [3.63, 3.8) is 0 Å². The highest BCUT2D eigenvalue weighted by molar-refractivity contribution is 7.51. The maximum absolute atomic E-state index is 12.1. The molecule has 0 spiro atoms. The topological polar surface area (TPSA) is 161 Å². The van der Waals surface area contributed by atoms with Crippen molar-refractivity contribution in [3.8, 4) is 0 Å². The molecule has 0 aromatic carbocycles. The fraction of sp³-hybridized carbons (Fsp3) is 0.357. The lowest BCUT2D eigenvalue weighted by Crippen LogP contribution is -2.46. The Kier molecular flexibility index (Phi) is 5.19. The number of aromatic nitrogens is 3. The molecule has 3 rings (SSSR count). The van der Waals surface area contributed by atoms with Gasteiger partial charge in [-0.05, 0) is 6.07 Å². The number of pyridine rings is 1. The van der Waals surface area contributed by atoms with Crippen LogP contribution in [0.4, 0.5) is 0 Å². The van der Waals surface area contributed by atoms with Crippen molar-refractivity contribution in [1.82, 2.24) is 9.32 Å². The van der Waals surface area contributed by atoms with Crippen LogP contribution in [0.5, 0.6) is 0 Å². The van der Waals surface area contributed by atoms with Gasteiger partial charge in [0.25, 0.3) is 12.1 Å². The summed E-state index contributed by atoms with van der Waals surface area (Å²) < 4.78 is 24.9. The third-order valence-corrected chi connectivity index (χ3v) is 5.23. The summed E-state index contributed by atoms with van der Waals surface area (Å²) >= 11 is 0. The predicted molar refractivity (Wildman–Crippen MR) is 84.5 cm³/mol. The number of primary amides is 1. The minimum Gasteiger partial charge on any atom is -0.387 e. The highest BCUT2D eigenvalue weighted by Gasteiger charge is 2.49. The summed E-state index contributed by atoms with van der Waals surface area (Å²) in [6.07, 6.45) is 1.79. The van der Waals surface area contributed by atoms with Gasteiger partial charge in [0.15, 0.2) is 18.5 Å². The first kappa shape index (κ1) is 18.6. The average Bonchev–Trinajstić information content (AvgIpc) is 3.24. The van der Waals surface area contributed by atoms with E-state index in [0.29, 0.717) is 0 Å². The molecule has 2 aromatic heterocycles. The monoisotopic (exact) mass is 385 g/mol. The van der Waals surface area contributed by atoms with E-state index in [0.717, 1.165) is 10.7 Å². The molecular formula is C14H18N4O7P+. The molecule has 1 unspecified atom stereocenters. The summed E-state index contributed by atoms with van der Waals surface area (Å²) in [7, 11) is -4.20. The molecule has 5 N–H and O–H groups in total. The second-order valence-electron chi connectivity index (χ2n) is 5.68. The minimum atomic E-state index is -4.20. The summed E-state index contributed by atoms with van der Waals surface area (Å²) in [5.74, 6) is -0.659. The zero-order valence-electron chi connectivity index (χ0n) is 13.4. The van der Waals surface area contributed by atoms with E-state index in [1.54, 1.807) is 0 Å². The minimum absolute atomic E-state index is 0.192. The number of hydrogen-bond donors (Lipinski definition) is 4. The number of nitrogens with two attached hydrogens (primary N) is 1. The number of ether oxygens (including phenoxy) is 1. The van der Waals surface area contributed by atoms with Crippen LogP contribution in [0.1, 0.15) is 16.6 Å². The standard InChI is InChI=1S/C14H17N4O7P/c15-13(21)9-2-1-4-17(6-9)14-12(20)11(19)10(25-14)7-24-26(22,23)18-5-3-16-8-18/h1-6,8,10-12,14,19-20H,7H2,(H2-,15,21,22,23)/p+1/t10-,11-,12-,14-/m1/s1. The predicted octanol–water partition coefficient (Wildman–Crippen LogP) is -1.45. The van der Waals surface area contributed by atoms with E-state index in [9.17, 15) is 24.5 Å². The van der Waals surface area contributed by atoms with Crippen LogP contribution < -0.4 is 10.3 Å². The Labute approximate surface area is 147 Å². The molecule has 140 valence electrons. The van der Waals surface area contributed by atoms with Crippen molar-refractivity contribution < 1.29 is 38.3 Å². The SMILES string of the molecule is NC(=O)c1ccc[n+]([C@@H]2O[C@H](COP(=O)(O)n3ccnc3)[C@@H](O)[C@H]2O)c1. The van der Waals surface area contributed by atoms with Crippen LogP contribution in [0.2, 0.25) is 0 Å². The van der Waals surface area contributed by atoms with Gasteiger partial charge in [0.1, 0.15) is 24.1 Å². The molecule has 26 heavy (non-hydrogen) atoms. The van der Waals surface area contributed by atoms with Crippen LogP contribution >= 0.6 is 7.75 Å². The van der Waals surface area contributed by atoms with Crippen LogP contribution in [0.25, 0.3) is 0 Å². The van der Waals surface area contributed by atoms with Crippen LogP contribution in [0.15, 0.2) is 43.2 Å². The van der Waals surface area contributed by atoms with E-state index >= 15 is 0 Å². The maximum Gasteiger partial charge on any atom is 0.437 e. The maximum atomic E-state index is 12.1. The lowest BCUT2D eigenvalue weighted by atomic mass is 10.1. The van der Waals surface area contributed by atoms with Crippen molar-refractivity contribution in [3.05, 3.63) is 48.8 Å². The van der Waals surface area contributed by atoms with Crippen molar-refractivity contribution in [2.24, 2.45) is 5.73 Å². The number of carbonyl (C=O) groups is 1. The molecule has 12 heteroatoms. The van der Waals surface area contributed by atoms with Gasteiger partial charge in [-0.3, -0.25) is 9.32 Å². The van der Waals surface area contributed by atoms with Crippen molar-refractivity contribution in [1.29, 1.82) is 0 Å². The van der Waals surface area contributed by atoms with Crippen molar-refractivity contribution in [2.75, 3.05) is 6.61 Å². The Morgan fingerprint density at radius 3 is 2.88 bits per heavy atom. The number of carbonyl (C=O) groups excluding carboxylic acids is 1. The summed E-state index contributed by atoms with van der Waals surface area (Å²) in [6.45, 7) is -0.448. The third kappa shape index (κ3) is 3.68. The largest absolute Gasteiger partial charge is 0.437 e. The van der Waals surface area contributed by atoms with E-state index in [2.05, 4.69) is 4.98 Å². The molecule has 0 bridgehead atoms. The first-order valence-electron chi connectivity index (χ1n) is 7.58. The van der Waals surface area contributed by atoms with E-state index in [1.807, 2.05) is 0 Å². The van der Waals surface area contributed by atoms with E-state index in [1.165, 1.54) is 41.5 Å². The Morgan fingerprint density at radius 1 is 1.46 bits per heavy atom. The van der Waals surface area contributed by atoms with Gasteiger partial charge in [0.2, 0.25) is 0 Å². The molecule has 0 saturated carbocycles. The first-order chi connectivity index (χ1) is 12.3. The van der Waals surface area contributed by atoms with Crippen LogP contribution in [-0.2, 0) is 13.8 Å². The smallest absolute Gasteiger partial charge is 0.387 e. The Morgan fingerprint density at radius 2 is 2.23 bits per heavy atom. The zero-order chi connectivity index (χ0) is 18.9. The molecule has 1 aliphatic heterocycles. The van der Waals surface area contributed by atoms with Crippen LogP contribution in [0.3, 0.4) is 0 Å². The average molecular weight is 385 g/mol. The van der Waals surface area contributed by atoms with Gasteiger partial charge in [-0.1, -0.05) is 0 Å². The number of hydrogen-bond acceptors (Lipinski definition) is 7. The summed E-state index contributed by atoms with van der Waals surface area (Å²) in [6, 6.07) is 3.03. The third-order valence-electron chi connectivity index (χ3n) is 3.93. The lowest BCUT2D eigenvalue weighted by molar-refractivity contribution is -0.765. The molecule has 1 fully saturated rings. The van der Waals surface area contributed by atoms with Gasteiger partial charge >= 0.3 is 7.75 Å². The Bertz CT molecular complexity index is 830. The molecule has 11 nitrogen and oxygen atoms in total. The van der Waals surface area contributed by atoms with Gasteiger partial charge < -0.3 is 25.6 Å². The van der Waals surface area contributed by atoms with Gasteiger partial charge in [0.05, 0.1) is 6.61 Å². The fourth-order valence-corrected chi connectivity index (χ4v) is 3.44. The van der Waals surface area contributed by atoms with Crippen LogP contribution in [-0.4, -0.2) is 55.3 Å². The molecule has 1 amide bonds. The fourth-order valence-electron chi connectivity index (χ4n) is 2.55. The highest BCUT2D eigenvalue weighted by Crippen LogP contribution is 2.44. The number of nitrogens with zero attached hydrogens (tertiary/aromatic N) is 3. The van der Waals surface area contributed by atoms with E-state index in [-0.39, 0.29) is 5.56 Å². The molecule has 5 atom stereocenters. The van der Waals surface area contributed by atoms with Crippen molar-refractivity contribution in [2.45, 2.75) is 24.5 Å². The first-order valence-corrected chi connectivity index (χ1v) is 9.11. The van der Waals surface area contributed by atoms with Gasteiger partial charge in [-0.15, -0.1) is 0 Å². The summed E-state index contributed by atoms with van der Waals surface area (Å²) in [5.41, 5.74) is 5.41. The molecule has 0 radical (unpaired) electrons.